The van der Waals surface area contributed by atoms with Crippen molar-refractivity contribution in [1.29, 1.82) is 0 Å². The predicted molar refractivity (Wildman–Crippen MR) is 37.2 cm³/mol. The second kappa shape index (κ2) is 4.77. The third kappa shape index (κ3) is 3.49. The van der Waals surface area contributed by atoms with Crippen LogP contribution in [0.1, 0.15) is 26.7 Å². The molecule has 0 spiro atoms. The molecule has 0 saturated heterocycles. The van der Waals surface area contributed by atoms with E-state index in [1.165, 1.54) is 0 Å². The number of hydrogen-bond donors (Lipinski definition) is 2. The van der Waals surface area contributed by atoms with Crippen LogP contribution in [-0.2, 0) is 0 Å². The van der Waals surface area contributed by atoms with Gasteiger partial charge in [-0.1, -0.05) is 20.3 Å². The smallest absolute Gasteiger partial charge is 0.0796 e. The van der Waals surface area contributed by atoms with Crippen LogP contribution >= 0.6 is 0 Å². The Morgan fingerprint density at radius 3 is 2.33 bits per heavy atom. The van der Waals surface area contributed by atoms with Gasteiger partial charge in [-0.2, -0.15) is 0 Å². The zero-order valence-electron chi connectivity index (χ0n) is 6.17. The molecule has 2 atom stereocenters. The number of rotatable bonds is 4. The maximum Gasteiger partial charge on any atom is 0.0796 e. The first kappa shape index (κ1) is 8.92. The monoisotopic (exact) mass is 132 g/mol. The summed E-state index contributed by atoms with van der Waals surface area (Å²) >= 11 is 0. The molecule has 0 fully saturated rings. The lowest BCUT2D eigenvalue weighted by Crippen LogP contribution is -2.21. The minimum absolute atomic E-state index is 0.110. The van der Waals surface area contributed by atoms with Crippen molar-refractivity contribution in [3.05, 3.63) is 0 Å². The zero-order chi connectivity index (χ0) is 7.28. The van der Waals surface area contributed by atoms with Crippen LogP contribution < -0.4 is 0 Å². The summed E-state index contributed by atoms with van der Waals surface area (Å²) < 4.78 is 0. The van der Waals surface area contributed by atoms with E-state index in [1.807, 2.05) is 6.92 Å². The molecule has 0 bridgehead atoms. The van der Waals surface area contributed by atoms with Gasteiger partial charge in [0.05, 0.1) is 12.7 Å². The van der Waals surface area contributed by atoms with Crippen LogP contribution in [-0.4, -0.2) is 22.9 Å². The van der Waals surface area contributed by atoms with Crippen molar-refractivity contribution in [2.75, 3.05) is 6.61 Å². The third-order valence-electron chi connectivity index (χ3n) is 1.59. The Morgan fingerprint density at radius 1 is 1.44 bits per heavy atom. The molecule has 56 valence electrons. The first-order valence-corrected chi connectivity index (χ1v) is 3.51. The zero-order valence-corrected chi connectivity index (χ0v) is 6.17. The second-order valence-electron chi connectivity index (χ2n) is 2.52. The van der Waals surface area contributed by atoms with Gasteiger partial charge in [0.15, 0.2) is 0 Å². The summed E-state index contributed by atoms with van der Waals surface area (Å²) in [6.45, 7) is 3.91. The van der Waals surface area contributed by atoms with E-state index in [9.17, 15) is 0 Å². The van der Waals surface area contributed by atoms with E-state index in [0.717, 1.165) is 12.8 Å². The summed E-state index contributed by atoms with van der Waals surface area (Å²) in [4.78, 5) is 0. The van der Waals surface area contributed by atoms with E-state index in [4.69, 9.17) is 10.2 Å². The molecule has 0 aromatic heterocycles. The topological polar surface area (TPSA) is 40.5 Å². The van der Waals surface area contributed by atoms with E-state index in [2.05, 4.69) is 6.92 Å². The maximum absolute atomic E-state index is 9.01. The van der Waals surface area contributed by atoms with Crippen LogP contribution in [0.5, 0.6) is 0 Å². The van der Waals surface area contributed by atoms with Gasteiger partial charge in [-0.15, -0.1) is 0 Å². The largest absolute Gasteiger partial charge is 0.394 e. The standard InChI is InChI=1S/C7H16O2/c1-3-4-6(2)7(9)5-8/h6-9H,3-5H2,1-2H3/t6-,7+/m0/s1. The van der Waals surface area contributed by atoms with Gasteiger partial charge >= 0.3 is 0 Å². The lowest BCUT2D eigenvalue weighted by molar-refractivity contribution is 0.0502. The molecule has 0 saturated carbocycles. The Hall–Kier alpha value is -0.0800. The fourth-order valence-electron chi connectivity index (χ4n) is 0.828. The molecule has 0 heterocycles. The van der Waals surface area contributed by atoms with Gasteiger partial charge in [-0.05, 0) is 12.3 Å². The van der Waals surface area contributed by atoms with E-state index < -0.39 is 6.10 Å². The van der Waals surface area contributed by atoms with Gasteiger partial charge in [-0.3, -0.25) is 0 Å². The normalized spacial score (nSPS) is 17.3. The highest BCUT2D eigenvalue weighted by atomic mass is 16.3. The molecule has 2 nitrogen and oxygen atoms in total. The summed E-state index contributed by atoms with van der Waals surface area (Å²) in [5.41, 5.74) is 0. The van der Waals surface area contributed by atoms with Crippen LogP contribution in [0.3, 0.4) is 0 Å². The average molecular weight is 132 g/mol. The number of aliphatic hydroxyl groups is 2. The van der Waals surface area contributed by atoms with E-state index >= 15 is 0 Å². The van der Waals surface area contributed by atoms with Gasteiger partial charge in [0.25, 0.3) is 0 Å². The van der Waals surface area contributed by atoms with Crippen LogP contribution in [0.25, 0.3) is 0 Å². The molecule has 0 aliphatic heterocycles. The average Bonchev–Trinajstić information content (AvgIpc) is 1.87. The Kier molecular flexibility index (Phi) is 4.72. The highest BCUT2D eigenvalue weighted by Crippen LogP contribution is 2.09. The van der Waals surface area contributed by atoms with E-state index in [1.54, 1.807) is 0 Å². The molecule has 0 aliphatic carbocycles. The van der Waals surface area contributed by atoms with Crippen LogP contribution in [0.2, 0.25) is 0 Å². The first-order valence-electron chi connectivity index (χ1n) is 3.51. The molecule has 9 heavy (non-hydrogen) atoms. The van der Waals surface area contributed by atoms with Crippen molar-refractivity contribution in [3.8, 4) is 0 Å². The van der Waals surface area contributed by atoms with E-state index in [0.29, 0.717) is 0 Å². The Labute approximate surface area is 56.5 Å². The van der Waals surface area contributed by atoms with Gasteiger partial charge in [0, 0.05) is 0 Å². The molecule has 0 unspecified atom stereocenters. The molecular weight excluding hydrogens is 116 g/mol. The summed E-state index contributed by atoms with van der Waals surface area (Å²) in [7, 11) is 0. The number of aliphatic hydroxyl groups excluding tert-OH is 2. The molecule has 0 rings (SSSR count). The fraction of sp³-hybridized carbons (Fsp3) is 1.00. The minimum atomic E-state index is -0.523. The quantitative estimate of drug-likeness (QED) is 0.593. The maximum atomic E-state index is 9.01. The molecule has 0 amide bonds. The second-order valence-corrected chi connectivity index (χ2v) is 2.52. The lowest BCUT2D eigenvalue weighted by atomic mass is 10.0. The van der Waals surface area contributed by atoms with Crippen LogP contribution in [0.4, 0.5) is 0 Å². The first-order chi connectivity index (χ1) is 4.22. The van der Waals surface area contributed by atoms with Crippen LogP contribution in [0.15, 0.2) is 0 Å². The van der Waals surface area contributed by atoms with Crippen molar-refractivity contribution in [3.63, 3.8) is 0 Å². The Bertz CT molecular complexity index is 63.9. The Balaban J connectivity index is 3.32. The van der Waals surface area contributed by atoms with Crippen molar-refractivity contribution in [2.24, 2.45) is 5.92 Å². The van der Waals surface area contributed by atoms with Gasteiger partial charge in [0.1, 0.15) is 0 Å². The molecule has 2 heteroatoms. The lowest BCUT2D eigenvalue weighted by Gasteiger charge is -2.14. The van der Waals surface area contributed by atoms with E-state index in [-0.39, 0.29) is 12.5 Å². The highest BCUT2D eigenvalue weighted by molar-refractivity contribution is 4.61. The van der Waals surface area contributed by atoms with Crippen molar-refractivity contribution in [2.45, 2.75) is 32.8 Å². The van der Waals surface area contributed by atoms with Crippen molar-refractivity contribution >= 4 is 0 Å². The minimum Gasteiger partial charge on any atom is -0.394 e. The molecular formula is C7H16O2. The molecule has 0 aromatic rings. The van der Waals surface area contributed by atoms with Gasteiger partial charge in [-0.25, -0.2) is 0 Å². The predicted octanol–water partition coefficient (Wildman–Crippen LogP) is 0.776. The molecule has 2 N–H and O–H groups in total. The third-order valence-corrected chi connectivity index (χ3v) is 1.59. The highest BCUT2D eigenvalue weighted by Gasteiger charge is 2.10. The van der Waals surface area contributed by atoms with Crippen LogP contribution in [0, 0.1) is 5.92 Å². The van der Waals surface area contributed by atoms with Crippen molar-refractivity contribution < 1.29 is 10.2 Å². The molecule has 0 radical (unpaired) electrons. The SMILES string of the molecule is CCC[C@H](C)[C@H](O)CO. The van der Waals surface area contributed by atoms with Gasteiger partial charge in [0.2, 0.25) is 0 Å². The molecule has 0 aromatic carbocycles. The number of hydrogen-bond acceptors (Lipinski definition) is 2. The van der Waals surface area contributed by atoms with Gasteiger partial charge < -0.3 is 10.2 Å². The fourth-order valence-corrected chi connectivity index (χ4v) is 0.828. The summed E-state index contributed by atoms with van der Waals surface area (Å²) in [5.74, 6) is 0.236. The summed E-state index contributed by atoms with van der Waals surface area (Å²) in [6, 6.07) is 0. The Morgan fingerprint density at radius 2 is 2.00 bits per heavy atom. The van der Waals surface area contributed by atoms with Crippen molar-refractivity contribution in [1.82, 2.24) is 0 Å². The summed E-state index contributed by atoms with van der Waals surface area (Å²) in [6.07, 6.45) is 1.53. The summed E-state index contributed by atoms with van der Waals surface area (Å²) in [5, 5.41) is 17.5. The molecule has 0 aliphatic rings.